The second-order valence-electron chi connectivity index (χ2n) is 5.61. The summed E-state index contributed by atoms with van der Waals surface area (Å²) in [7, 11) is 0. The highest BCUT2D eigenvalue weighted by Crippen LogP contribution is 2.21. The van der Waals surface area contributed by atoms with Gasteiger partial charge in [0.1, 0.15) is 5.60 Å². The van der Waals surface area contributed by atoms with Gasteiger partial charge in [0.2, 0.25) is 0 Å². The van der Waals surface area contributed by atoms with Crippen LogP contribution in [0.5, 0.6) is 0 Å². The zero-order valence-electron chi connectivity index (χ0n) is 10.8. The molecule has 1 amide bonds. The first kappa shape index (κ1) is 12.6. The number of amides is 1. The number of carbonyl (C=O) groups is 1. The quantitative estimate of drug-likeness (QED) is 0.688. The topological polar surface area (TPSA) is 51.3 Å². The molecule has 0 aromatic heterocycles. The van der Waals surface area contributed by atoms with Gasteiger partial charge in [0.05, 0.1) is 32.0 Å². The molecule has 5 nitrogen and oxygen atoms in total. The molecule has 2 aliphatic heterocycles. The van der Waals surface area contributed by atoms with Crippen molar-refractivity contribution < 1.29 is 19.0 Å². The minimum Gasteiger partial charge on any atom is -0.444 e. The van der Waals surface area contributed by atoms with Crippen LogP contribution in [0.15, 0.2) is 0 Å². The van der Waals surface area contributed by atoms with Gasteiger partial charge < -0.3 is 19.1 Å². The number of morpholine rings is 1. The van der Waals surface area contributed by atoms with Crippen LogP contribution in [0.1, 0.15) is 27.2 Å². The fourth-order valence-corrected chi connectivity index (χ4v) is 1.85. The summed E-state index contributed by atoms with van der Waals surface area (Å²) in [6.45, 7) is 8.25. The summed E-state index contributed by atoms with van der Waals surface area (Å²) in [4.78, 5) is 13.6. The zero-order valence-corrected chi connectivity index (χ0v) is 10.8. The summed E-state index contributed by atoms with van der Waals surface area (Å²) in [5, 5.41) is 0. The third-order valence-corrected chi connectivity index (χ3v) is 2.72. The summed E-state index contributed by atoms with van der Waals surface area (Å²) in [5.74, 6) is 0. The monoisotopic (exact) mass is 243 g/mol. The maximum Gasteiger partial charge on any atom is 0.410 e. The second kappa shape index (κ2) is 4.82. The largest absolute Gasteiger partial charge is 0.444 e. The summed E-state index contributed by atoms with van der Waals surface area (Å²) in [6.07, 6.45) is 1.05. The molecule has 2 heterocycles. The molecule has 0 aromatic rings. The van der Waals surface area contributed by atoms with Crippen LogP contribution in [0.4, 0.5) is 4.79 Å². The van der Waals surface area contributed by atoms with Crippen molar-refractivity contribution in [3.05, 3.63) is 0 Å². The number of nitrogens with zero attached hydrogens (tertiary/aromatic N) is 1. The minimum absolute atomic E-state index is 0.0868. The number of ether oxygens (including phenoxy) is 3. The van der Waals surface area contributed by atoms with Gasteiger partial charge in [0.25, 0.3) is 0 Å². The molecule has 0 bridgehead atoms. The Balaban J connectivity index is 1.81. The highest BCUT2D eigenvalue weighted by molar-refractivity contribution is 5.68. The number of hydrogen-bond acceptors (Lipinski definition) is 4. The molecular weight excluding hydrogens is 222 g/mol. The first-order chi connectivity index (χ1) is 7.94. The lowest BCUT2D eigenvalue weighted by Crippen LogP contribution is -2.47. The van der Waals surface area contributed by atoms with Crippen LogP contribution in [0.3, 0.4) is 0 Å². The lowest BCUT2D eigenvalue weighted by Gasteiger charge is -2.34. The molecule has 0 saturated carbocycles. The number of rotatable bonds is 2. The van der Waals surface area contributed by atoms with Crippen LogP contribution in [0.2, 0.25) is 0 Å². The van der Waals surface area contributed by atoms with E-state index in [1.54, 1.807) is 4.90 Å². The van der Waals surface area contributed by atoms with Crippen LogP contribution >= 0.6 is 0 Å². The standard InChI is InChI=1S/C12H21NO4/c1-12(2,3)17-11(14)13-4-5-15-9(7-13)6-10-8-16-10/h9-10H,4-8H2,1-3H3. The molecule has 0 aliphatic carbocycles. The van der Waals surface area contributed by atoms with Gasteiger partial charge in [-0.1, -0.05) is 0 Å². The van der Waals surface area contributed by atoms with Gasteiger partial charge >= 0.3 is 6.09 Å². The van der Waals surface area contributed by atoms with E-state index in [0.29, 0.717) is 25.8 Å². The molecule has 0 spiro atoms. The van der Waals surface area contributed by atoms with E-state index in [1.165, 1.54) is 0 Å². The molecule has 2 atom stereocenters. The SMILES string of the molecule is CC(C)(C)OC(=O)N1CCOC(CC2CO2)C1. The third-order valence-electron chi connectivity index (χ3n) is 2.72. The summed E-state index contributed by atoms with van der Waals surface area (Å²) in [6, 6.07) is 0. The van der Waals surface area contributed by atoms with Gasteiger partial charge in [-0.3, -0.25) is 0 Å². The molecule has 17 heavy (non-hydrogen) atoms. The van der Waals surface area contributed by atoms with Crippen LogP contribution in [0.25, 0.3) is 0 Å². The van der Waals surface area contributed by atoms with E-state index >= 15 is 0 Å². The van der Waals surface area contributed by atoms with Crippen molar-refractivity contribution in [2.45, 2.75) is 45.0 Å². The lowest BCUT2D eigenvalue weighted by molar-refractivity contribution is -0.0464. The van der Waals surface area contributed by atoms with Crippen LogP contribution < -0.4 is 0 Å². The average molecular weight is 243 g/mol. The van der Waals surface area contributed by atoms with Gasteiger partial charge in [-0.2, -0.15) is 0 Å². The van der Waals surface area contributed by atoms with Crippen LogP contribution in [-0.4, -0.2) is 55.1 Å². The Bertz CT molecular complexity index is 283. The lowest BCUT2D eigenvalue weighted by atomic mass is 10.1. The fraction of sp³-hybridized carbons (Fsp3) is 0.917. The van der Waals surface area contributed by atoms with Gasteiger partial charge in [0, 0.05) is 13.0 Å². The van der Waals surface area contributed by atoms with E-state index < -0.39 is 5.60 Å². The van der Waals surface area contributed by atoms with Crippen molar-refractivity contribution in [3.63, 3.8) is 0 Å². The number of hydrogen-bond donors (Lipinski definition) is 0. The predicted octanol–water partition coefficient (Wildman–Crippen LogP) is 1.41. The van der Waals surface area contributed by atoms with Crippen molar-refractivity contribution in [1.29, 1.82) is 0 Å². The van der Waals surface area contributed by atoms with Crippen LogP contribution in [-0.2, 0) is 14.2 Å². The molecular formula is C12H21NO4. The Hall–Kier alpha value is -0.810. The Morgan fingerprint density at radius 2 is 2.06 bits per heavy atom. The Kier molecular flexibility index (Phi) is 3.58. The highest BCUT2D eigenvalue weighted by Gasteiger charge is 2.32. The molecule has 5 heteroatoms. The molecule has 0 aromatic carbocycles. The van der Waals surface area contributed by atoms with Crippen molar-refractivity contribution >= 4 is 6.09 Å². The summed E-state index contributed by atoms with van der Waals surface area (Å²) in [5.41, 5.74) is -0.440. The maximum absolute atomic E-state index is 11.9. The normalized spacial score (nSPS) is 29.0. The molecule has 2 aliphatic rings. The number of carbonyl (C=O) groups excluding carboxylic acids is 1. The van der Waals surface area contributed by atoms with E-state index in [4.69, 9.17) is 14.2 Å². The molecule has 0 N–H and O–H groups in total. The van der Waals surface area contributed by atoms with Gasteiger partial charge in [-0.15, -0.1) is 0 Å². The Morgan fingerprint density at radius 1 is 1.35 bits per heavy atom. The fourth-order valence-electron chi connectivity index (χ4n) is 1.85. The van der Waals surface area contributed by atoms with Gasteiger partial charge in [-0.25, -0.2) is 4.79 Å². The van der Waals surface area contributed by atoms with Crippen molar-refractivity contribution in [2.24, 2.45) is 0 Å². The third kappa shape index (κ3) is 4.16. The molecule has 2 saturated heterocycles. The van der Waals surface area contributed by atoms with E-state index in [2.05, 4.69) is 0 Å². The van der Waals surface area contributed by atoms with E-state index in [0.717, 1.165) is 13.0 Å². The van der Waals surface area contributed by atoms with Gasteiger partial charge in [0.15, 0.2) is 0 Å². The summed E-state index contributed by atoms with van der Waals surface area (Å²) < 4.78 is 16.1. The Morgan fingerprint density at radius 3 is 2.65 bits per heavy atom. The second-order valence-corrected chi connectivity index (χ2v) is 5.61. The van der Waals surface area contributed by atoms with Crippen LogP contribution in [0, 0.1) is 0 Å². The van der Waals surface area contributed by atoms with Crippen molar-refractivity contribution in [1.82, 2.24) is 4.90 Å². The summed E-state index contributed by atoms with van der Waals surface area (Å²) >= 11 is 0. The van der Waals surface area contributed by atoms with Crippen molar-refractivity contribution in [3.8, 4) is 0 Å². The molecule has 2 rings (SSSR count). The predicted molar refractivity (Wildman–Crippen MR) is 61.9 cm³/mol. The van der Waals surface area contributed by atoms with E-state index in [-0.39, 0.29) is 12.2 Å². The first-order valence-corrected chi connectivity index (χ1v) is 6.15. The molecule has 0 radical (unpaired) electrons. The van der Waals surface area contributed by atoms with Gasteiger partial charge in [-0.05, 0) is 20.8 Å². The average Bonchev–Trinajstić information content (AvgIpc) is 2.99. The maximum atomic E-state index is 11.9. The highest BCUT2D eigenvalue weighted by atomic mass is 16.6. The number of epoxide rings is 1. The molecule has 2 unspecified atom stereocenters. The zero-order chi connectivity index (χ0) is 12.5. The molecule has 2 fully saturated rings. The van der Waals surface area contributed by atoms with E-state index in [1.807, 2.05) is 20.8 Å². The Labute approximate surface area is 102 Å². The smallest absolute Gasteiger partial charge is 0.410 e. The minimum atomic E-state index is -0.440. The van der Waals surface area contributed by atoms with E-state index in [9.17, 15) is 4.79 Å². The first-order valence-electron chi connectivity index (χ1n) is 6.15. The van der Waals surface area contributed by atoms with Crippen molar-refractivity contribution in [2.75, 3.05) is 26.3 Å². The molecule has 98 valence electrons.